The number of benzene rings is 2. The first-order valence-electron chi connectivity index (χ1n) is 15.9. The first-order valence-corrected chi connectivity index (χ1v) is 17.1. The highest BCUT2D eigenvalue weighted by molar-refractivity contribution is 7.22. The average Bonchev–Trinajstić information content (AvgIpc) is 3.80. The molecule has 47 heavy (non-hydrogen) atoms. The molecule has 4 fully saturated rings. The number of rotatable bonds is 6. The number of carbonyl (C=O) groups is 1. The summed E-state index contributed by atoms with van der Waals surface area (Å²) < 4.78 is 58.5. The van der Waals surface area contributed by atoms with Crippen LogP contribution in [-0.2, 0) is 0 Å². The van der Waals surface area contributed by atoms with E-state index in [0.717, 1.165) is 43.7 Å². The SMILES string of the molecule is C[C@@H]1CCN1C(=O)N1CCC(Oc2nc(OC[C@@]34CCCN3C[C@H](F)C4)nc3c(F)c(-c4ccc(F)c5sc(N)nc45)c(Cl)cc23)C1. The fourth-order valence-electron chi connectivity index (χ4n) is 7.53. The molecule has 4 atom stereocenters. The van der Waals surface area contributed by atoms with Crippen molar-refractivity contribution >= 4 is 55.2 Å². The van der Waals surface area contributed by atoms with E-state index in [-0.39, 0.29) is 73.0 Å². The van der Waals surface area contributed by atoms with Crippen molar-refractivity contribution in [1.82, 2.24) is 29.7 Å². The lowest BCUT2D eigenvalue weighted by Gasteiger charge is -2.40. The van der Waals surface area contributed by atoms with Crippen molar-refractivity contribution in [2.75, 3.05) is 45.1 Å². The maximum atomic E-state index is 16.7. The molecule has 2 aromatic heterocycles. The summed E-state index contributed by atoms with van der Waals surface area (Å²) in [6, 6.07) is 4.21. The summed E-state index contributed by atoms with van der Waals surface area (Å²) in [5.74, 6) is -1.25. The van der Waals surface area contributed by atoms with Gasteiger partial charge in [0.1, 0.15) is 30.2 Å². The Bertz CT molecular complexity index is 1920. The third-order valence-corrected chi connectivity index (χ3v) is 11.3. The van der Waals surface area contributed by atoms with E-state index in [9.17, 15) is 13.6 Å². The summed E-state index contributed by atoms with van der Waals surface area (Å²) >= 11 is 7.70. The molecule has 15 heteroatoms. The average molecular weight is 688 g/mol. The third kappa shape index (κ3) is 5.19. The molecule has 1 unspecified atom stereocenters. The number of likely N-dealkylation sites (tertiary alicyclic amines) is 2. The lowest BCUT2D eigenvalue weighted by molar-refractivity contribution is 0.0940. The lowest BCUT2D eigenvalue weighted by atomic mass is 9.95. The van der Waals surface area contributed by atoms with Crippen LogP contribution in [0.1, 0.15) is 39.0 Å². The molecule has 2 aromatic carbocycles. The van der Waals surface area contributed by atoms with Crippen LogP contribution < -0.4 is 15.2 Å². The van der Waals surface area contributed by atoms with Gasteiger partial charge in [0.05, 0.1) is 32.7 Å². The predicted molar refractivity (Wildman–Crippen MR) is 173 cm³/mol. The molecule has 8 rings (SSSR count). The smallest absolute Gasteiger partial charge is 0.320 e. The Hall–Kier alpha value is -3.62. The number of thiazole rings is 1. The number of nitrogens with two attached hydrogens (primary N) is 1. The van der Waals surface area contributed by atoms with Gasteiger partial charge in [-0.05, 0) is 50.9 Å². The quantitative estimate of drug-likeness (QED) is 0.261. The van der Waals surface area contributed by atoms with Crippen molar-refractivity contribution in [1.29, 1.82) is 0 Å². The molecule has 2 amide bonds. The molecular weight excluding hydrogens is 655 g/mol. The number of ether oxygens (including phenoxy) is 2. The van der Waals surface area contributed by atoms with Gasteiger partial charge in [-0.1, -0.05) is 22.9 Å². The number of alkyl halides is 1. The van der Waals surface area contributed by atoms with Crippen LogP contribution in [0.15, 0.2) is 18.2 Å². The minimum absolute atomic E-state index is 0.0204. The van der Waals surface area contributed by atoms with Crippen molar-refractivity contribution in [2.45, 2.75) is 62.9 Å². The van der Waals surface area contributed by atoms with Crippen molar-refractivity contribution in [3.8, 4) is 23.0 Å². The minimum atomic E-state index is -0.947. The molecule has 10 nitrogen and oxygen atoms in total. The van der Waals surface area contributed by atoms with Crippen molar-refractivity contribution in [2.24, 2.45) is 0 Å². The highest BCUT2D eigenvalue weighted by Gasteiger charge is 2.49. The van der Waals surface area contributed by atoms with Crippen LogP contribution in [0.5, 0.6) is 11.9 Å². The zero-order valence-electron chi connectivity index (χ0n) is 25.6. The molecule has 4 aliphatic heterocycles. The van der Waals surface area contributed by atoms with Gasteiger partial charge in [-0.25, -0.2) is 22.9 Å². The molecule has 0 spiro atoms. The molecule has 4 aromatic rings. The number of hydrogen-bond donors (Lipinski definition) is 1. The third-order valence-electron chi connectivity index (χ3n) is 10.1. The second kappa shape index (κ2) is 11.5. The van der Waals surface area contributed by atoms with Crippen molar-refractivity contribution < 1.29 is 27.4 Å². The van der Waals surface area contributed by atoms with Crippen LogP contribution in [0.4, 0.5) is 23.1 Å². The number of aromatic nitrogens is 3. The summed E-state index contributed by atoms with van der Waals surface area (Å²) in [4.78, 5) is 32.0. The molecule has 6 heterocycles. The van der Waals surface area contributed by atoms with Gasteiger partial charge in [0, 0.05) is 49.6 Å². The van der Waals surface area contributed by atoms with E-state index in [1.165, 1.54) is 18.2 Å². The van der Waals surface area contributed by atoms with Gasteiger partial charge >= 0.3 is 12.0 Å². The number of halogens is 4. The number of nitrogens with zero attached hydrogens (tertiary/aromatic N) is 6. The molecular formula is C32H33ClF3N7O3S. The number of anilines is 1. The molecule has 4 saturated heterocycles. The summed E-state index contributed by atoms with van der Waals surface area (Å²) in [5, 5.41) is 0.367. The number of hydrogen-bond acceptors (Lipinski definition) is 9. The maximum absolute atomic E-state index is 16.7. The van der Waals surface area contributed by atoms with Gasteiger partial charge in [0.25, 0.3) is 0 Å². The zero-order chi connectivity index (χ0) is 32.6. The summed E-state index contributed by atoms with van der Waals surface area (Å²) in [6.07, 6.45) is 2.22. The minimum Gasteiger partial charge on any atom is -0.472 e. The Morgan fingerprint density at radius 3 is 2.79 bits per heavy atom. The molecule has 4 aliphatic rings. The van der Waals surface area contributed by atoms with E-state index in [2.05, 4.69) is 19.9 Å². The summed E-state index contributed by atoms with van der Waals surface area (Å²) in [5.41, 5.74) is 5.72. The Balaban J connectivity index is 1.17. The van der Waals surface area contributed by atoms with Gasteiger partial charge in [-0.15, -0.1) is 0 Å². The fraction of sp³-hybridized carbons (Fsp3) is 0.500. The maximum Gasteiger partial charge on any atom is 0.320 e. The standard InChI is InChI=1S/C32H33ClF3N7O3S/c1-16-5-10-43(16)31(44)41-9-6-18(14-41)46-28-20-11-21(33)23(19-3-4-22(35)27-26(19)38-29(37)47-27)24(36)25(20)39-30(40-28)45-15-32-7-2-8-42(32)13-17(34)12-32/h3-4,11,16-18H,2,5-10,12-15H2,1H3,(H2,37,38)/t16-,17-,18?,32+/m1/s1. The largest absolute Gasteiger partial charge is 0.472 e. The highest BCUT2D eigenvalue weighted by Crippen LogP contribution is 2.44. The molecule has 0 aliphatic carbocycles. The van der Waals surface area contributed by atoms with Crippen LogP contribution in [-0.4, -0.2) is 98.9 Å². The van der Waals surface area contributed by atoms with Crippen LogP contribution in [0, 0.1) is 11.6 Å². The van der Waals surface area contributed by atoms with Crippen molar-refractivity contribution in [3.05, 3.63) is 34.9 Å². The first kappa shape index (κ1) is 30.7. The second-order valence-corrected chi connectivity index (χ2v) is 14.5. The normalized spacial score (nSPS) is 25.9. The lowest BCUT2D eigenvalue weighted by Crippen LogP contribution is -2.54. The van der Waals surface area contributed by atoms with Crippen LogP contribution in [0.25, 0.3) is 32.2 Å². The van der Waals surface area contributed by atoms with E-state index in [4.69, 9.17) is 26.8 Å². The molecule has 0 radical (unpaired) electrons. The van der Waals surface area contributed by atoms with Crippen molar-refractivity contribution in [3.63, 3.8) is 0 Å². The van der Waals surface area contributed by atoms with Gasteiger partial charge in [-0.2, -0.15) is 9.97 Å². The summed E-state index contributed by atoms with van der Waals surface area (Å²) in [7, 11) is 0. The number of carbonyl (C=O) groups excluding carboxylic acids is 1. The topological polar surface area (TPSA) is 110 Å². The second-order valence-electron chi connectivity index (χ2n) is 13.0. The number of fused-ring (bicyclic) bond motifs is 3. The van der Waals surface area contributed by atoms with Gasteiger partial charge in [0.2, 0.25) is 5.88 Å². The van der Waals surface area contributed by atoms with Crippen LogP contribution >= 0.6 is 22.9 Å². The number of amides is 2. The van der Waals surface area contributed by atoms with Crippen LogP contribution in [0.3, 0.4) is 0 Å². The predicted octanol–water partition coefficient (Wildman–Crippen LogP) is 6.04. The van der Waals surface area contributed by atoms with E-state index < -0.39 is 29.4 Å². The van der Waals surface area contributed by atoms with E-state index in [1.54, 1.807) is 4.90 Å². The summed E-state index contributed by atoms with van der Waals surface area (Å²) in [6.45, 7) is 4.88. The zero-order valence-corrected chi connectivity index (χ0v) is 27.2. The number of nitrogen functional groups attached to an aromatic ring is 1. The van der Waals surface area contributed by atoms with E-state index >= 15 is 4.39 Å². The number of urea groups is 1. The van der Waals surface area contributed by atoms with Gasteiger partial charge < -0.3 is 25.0 Å². The van der Waals surface area contributed by atoms with Gasteiger partial charge in [-0.3, -0.25) is 4.90 Å². The molecule has 0 saturated carbocycles. The molecule has 248 valence electrons. The van der Waals surface area contributed by atoms with E-state index in [0.29, 0.717) is 32.5 Å². The Labute approximate surface area is 277 Å². The fourth-order valence-corrected chi connectivity index (χ4v) is 8.59. The highest BCUT2D eigenvalue weighted by atomic mass is 35.5. The van der Waals surface area contributed by atoms with E-state index in [1.807, 2.05) is 11.8 Å². The Morgan fingerprint density at radius 1 is 1.15 bits per heavy atom. The first-order chi connectivity index (χ1) is 22.6. The Kier molecular flexibility index (Phi) is 7.52. The molecule has 0 bridgehead atoms. The Morgan fingerprint density at radius 2 is 2.00 bits per heavy atom. The molecule has 2 N–H and O–H groups in total. The van der Waals surface area contributed by atoms with Crippen LogP contribution in [0.2, 0.25) is 5.02 Å². The van der Waals surface area contributed by atoms with Gasteiger partial charge in [0.15, 0.2) is 10.9 Å². The monoisotopic (exact) mass is 687 g/mol.